The molecule has 2 rings (SSSR count). The smallest absolute Gasteiger partial charge is 0.255 e. The molecule has 1 heterocycles. The Labute approximate surface area is 111 Å². The molecule has 19 heavy (non-hydrogen) atoms. The van der Waals surface area contributed by atoms with Crippen LogP contribution in [0.5, 0.6) is 0 Å². The van der Waals surface area contributed by atoms with E-state index >= 15 is 0 Å². The Morgan fingerprint density at radius 3 is 2.95 bits per heavy atom. The van der Waals surface area contributed by atoms with E-state index < -0.39 is 0 Å². The molecule has 1 amide bonds. The molecular weight excluding hydrogens is 240 g/mol. The lowest BCUT2D eigenvalue weighted by Gasteiger charge is -2.00. The van der Waals surface area contributed by atoms with Gasteiger partial charge in [0.25, 0.3) is 5.56 Å². The molecule has 1 aromatic carbocycles. The van der Waals surface area contributed by atoms with Gasteiger partial charge in [-0.05, 0) is 30.0 Å². The highest BCUT2D eigenvalue weighted by Gasteiger charge is 2.00. The highest BCUT2D eigenvalue weighted by atomic mass is 16.1. The van der Waals surface area contributed by atoms with Crippen LogP contribution in [0, 0.1) is 0 Å². The van der Waals surface area contributed by atoms with Crippen LogP contribution in [0.3, 0.4) is 0 Å². The number of pyridine rings is 1. The van der Waals surface area contributed by atoms with Crippen LogP contribution in [-0.2, 0) is 4.79 Å². The predicted octanol–water partition coefficient (Wildman–Crippen LogP) is 2.07. The standard InChI is InChI=1S/C15H16N2O2/c1-2-9-16-14(18)8-7-12-10-11-5-3-4-6-13(11)17-15(12)19/h3-8,10H,2,9H2,1H3,(H,16,18)(H,17,19)/b8-7+. The van der Waals surface area contributed by atoms with Gasteiger partial charge in [-0.1, -0.05) is 25.1 Å². The summed E-state index contributed by atoms with van der Waals surface area (Å²) in [7, 11) is 0. The van der Waals surface area contributed by atoms with Crippen molar-refractivity contribution in [3.8, 4) is 0 Å². The molecule has 2 aromatic rings. The number of hydrogen-bond acceptors (Lipinski definition) is 2. The van der Waals surface area contributed by atoms with Gasteiger partial charge in [-0.3, -0.25) is 9.59 Å². The lowest BCUT2D eigenvalue weighted by molar-refractivity contribution is -0.116. The number of amides is 1. The highest BCUT2D eigenvalue weighted by molar-refractivity contribution is 5.92. The number of aromatic amines is 1. The van der Waals surface area contributed by atoms with E-state index in [1.807, 2.05) is 31.2 Å². The van der Waals surface area contributed by atoms with E-state index in [4.69, 9.17) is 0 Å². The van der Waals surface area contributed by atoms with Crippen LogP contribution in [-0.4, -0.2) is 17.4 Å². The number of benzene rings is 1. The first kappa shape index (κ1) is 13.1. The van der Waals surface area contributed by atoms with E-state index in [1.165, 1.54) is 12.2 Å². The van der Waals surface area contributed by atoms with E-state index in [1.54, 1.807) is 6.07 Å². The van der Waals surface area contributed by atoms with Crippen molar-refractivity contribution in [2.75, 3.05) is 6.54 Å². The van der Waals surface area contributed by atoms with Crippen LogP contribution in [0.4, 0.5) is 0 Å². The van der Waals surface area contributed by atoms with Crippen LogP contribution >= 0.6 is 0 Å². The molecule has 0 aliphatic carbocycles. The van der Waals surface area contributed by atoms with Crippen molar-refractivity contribution in [1.29, 1.82) is 0 Å². The summed E-state index contributed by atoms with van der Waals surface area (Å²) >= 11 is 0. The Morgan fingerprint density at radius 1 is 1.37 bits per heavy atom. The number of aromatic nitrogens is 1. The van der Waals surface area contributed by atoms with Gasteiger partial charge in [0.05, 0.1) is 0 Å². The molecule has 0 spiro atoms. The Hall–Kier alpha value is -2.36. The van der Waals surface area contributed by atoms with Crippen LogP contribution in [0.15, 0.2) is 41.2 Å². The van der Waals surface area contributed by atoms with Crippen molar-refractivity contribution in [3.05, 3.63) is 52.3 Å². The summed E-state index contributed by atoms with van der Waals surface area (Å²) < 4.78 is 0. The molecule has 0 aliphatic rings. The van der Waals surface area contributed by atoms with Gasteiger partial charge >= 0.3 is 0 Å². The Kier molecular flexibility index (Phi) is 4.13. The maximum atomic E-state index is 11.8. The zero-order valence-corrected chi connectivity index (χ0v) is 10.8. The molecule has 0 unspecified atom stereocenters. The number of hydrogen-bond donors (Lipinski definition) is 2. The summed E-state index contributed by atoms with van der Waals surface area (Å²) in [4.78, 5) is 26.0. The maximum Gasteiger partial charge on any atom is 0.255 e. The number of rotatable bonds is 4. The topological polar surface area (TPSA) is 62.0 Å². The zero-order valence-electron chi connectivity index (χ0n) is 10.8. The third-order valence-corrected chi connectivity index (χ3v) is 2.75. The minimum absolute atomic E-state index is 0.186. The largest absolute Gasteiger partial charge is 0.353 e. The average molecular weight is 256 g/mol. The summed E-state index contributed by atoms with van der Waals surface area (Å²) in [6.07, 6.45) is 3.81. The molecule has 4 nitrogen and oxygen atoms in total. The van der Waals surface area contributed by atoms with Crippen molar-refractivity contribution in [2.45, 2.75) is 13.3 Å². The first-order valence-corrected chi connectivity index (χ1v) is 6.28. The number of nitrogens with one attached hydrogen (secondary N) is 2. The van der Waals surface area contributed by atoms with E-state index in [-0.39, 0.29) is 11.5 Å². The monoisotopic (exact) mass is 256 g/mol. The Bertz CT molecular complexity index is 671. The SMILES string of the molecule is CCCNC(=O)/C=C/c1cc2ccccc2[nH]c1=O. The first-order chi connectivity index (χ1) is 9.20. The van der Waals surface area contributed by atoms with E-state index in [2.05, 4.69) is 10.3 Å². The van der Waals surface area contributed by atoms with Gasteiger partial charge in [0.1, 0.15) is 0 Å². The summed E-state index contributed by atoms with van der Waals surface area (Å²) in [6.45, 7) is 2.62. The molecule has 0 saturated heterocycles. The van der Waals surface area contributed by atoms with E-state index in [0.29, 0.717) is 12.1 Å². The average Bonchev–Trinajstić information content (AvgIpc) is 2.42. The summed E-state index contributed by atoms with van der Waals surface area (Å²) in [5, 5.41) is 3.66. The Morgan fingerprint density at radius 2 is 2.16 bits per heavy atom. The molecule has 0 saturated carbocycles. The predicted molar refractivity (Wildman–Crippen MR) is 76.9 cm³/mol. The van der Waals surface area contributed by atoms with Gasteiger partial charge < -0.3 is 10.3 Å². The van der Waals surface area contributed by atoms with Crippen LogP contribution < -0.4 is 10.9 Å². The van der Waals surface area contributed by atoms with Crippen LogP contribution in [0.25, 0.3) is 17.0 Å². The zero-order chi connectivity index (χ0) is 13.7. The van der Waals surface area contributed by atoms with Crippen molar-refractivity contribution in [3.63, 3.8) is 0 Å². The quantitative estimate of drug-likeness (QED) is 0.823. The third-order valence-electron chi connectivity index (χ3n) is 2.75. The summed E-state index contributed by atoms with van der Waals surface area (Å²) in [5.41, 5.74) is 1.07. The third kappa shape index (κ3) is 3.31. The number of para-hydroxylation sites is 1. The van der Waals surface area contributed by atoms with Crippen LogP contribution in [0.2, 0.25) is 0 Å². The molecule has 0 bridgehead atoms. The molecule has 0 aliphatic heterocycles. The van der Waals surface area contributed by atoms with E-state index in [0.717, 1.165) is 17.3 Å². The molecule has 1 aromatic heterocycles. The normalized spacial score (nSPS) is 11.0. The molecule has 0 radical (unpaired) electrons. The minimum Gasteiger partial charge on any atom is -0.353 e. The highest BCUT2D eigenvalue weighted by Crippen LogP contribution is 2.10. The van der Waals surface area contributed by atoms with Crippen molar-refractivity contribution >= 4 is 22.9 Å². The molecular formula is C15H16N2O2. The van der Waals surface area contributed by atoms with Gasteiger partial charge in [-0.2, -0.15) is 0 Å². The van der Waals surface area contributed by atoms with Crippen molar-refractivity contribution < 1.29 is 4.79 Å². The Balaban J connectivity index is 2.25. The van der Waals surface area contributed by atoms with E-state index in [9.17, 15) is 9.59 Å². The molecule has 0 atom stereocenters. The fourth-order valence-corrected chi connectivity index (χ4v) is 1.76. The van der Waals surface area contributed by atoms with Gasteiger partial charge in [0, 0.05) is 23.7 Å². The second-order valence-corrected chi connectivity index (χ2v) is 4.27. The van der Waals surface area contributed by atoms with Gasteiger partial charge in [0.15, 0.2) is 0 Å². The van der Waals surface area contributed by atoms with Gasteiger partial charge in [0.2, 0.25) is 5.91 Å². The van der Waals surface area contributed by atoms with Crippen molar-refractivity contribution in [2.24, 2.45) is 0 Å². The fourth-order valence-electron chi connectivity index (χ4n) is 1.76. The minimum atomic E-state index is -0.196. The fraction of sp³-hybridized carbons (Fsp3) is 0.200. The van der Waals surface area contributed by atoms with Gasteiger partial charge in [-0.15, -0.1) is 0 Å². The second-order valence-electron chi connectivity index (χ2n) is 4.27. The van der Waals surface area contributed by atoms with Gasteiger partial charge in [-0.25, -0.2) is 0 Å². The van der Waals surface area contributed by atoms with Crippen LogP contribution in [0.1, 0.15) is 18.9 Å². The number of carbonyl (C=O) groups is 1. The molecule has 2 N–H and O–H groups in total. The lowest BCUT2D eigenvalue weighted by atomic mass is 10.1. The molecule has 0 fully saturated rings. The summed E-state index contributed by atoms with van der Waals surface area (Å²) in [6, 6.07) is 9.31. The maximum absolute atomic E-state index is 11.8. The number of H-pyrrole nitrogens is 1. The molecule has 98 valence electrons. The molecule has 4 heteroatoms. The first-order valence-electron chi connectivity index (χ1n) is 6.28. The van der Waals surface area contributed by atoms with Crippen molar-refractivity contribution in [1.82, 2.24) is 10.3 Å². The second kappa shape index (κ2) is 6.00. The number of carbonyl (C=O) groups excluding carboxylic acids is 1. The lowest BCUT2D eigenvalue weighted by Crippen LogP contribution is -2.21. The number of fused-ring (bicyclic) bond motifs is 1. The summed E-state index contributed by atoms with van der Waals surface area (Å²) in [5.74, 6) is -0.186.